The summed E-state index contributed by atoms with van der Waals surface area (Å²) in [5, 5.41) is 0.996. The third kappa shape index (κ3) is 1.84. The Morgan fingerprint density at radius 3 is 2.91 bits per heavy atom. The predicted octanol–water partition coefficient (Wildman–Crippen LogP) is -0.456. The van der Waals surface area contributed by atoms with E-state index in [1.807, 2.05) is 6.92 Å². The van der Waals surface area contributed by atoms with Crippen molar-refractivity contribution >= 4 is 18.4 Å². The van der Waals surface area contributed by atoms with Gasteiger partial charge in [0.1, 0.15) is 6.34 Å². The highest BCUT2D eigenvalue weighted by Gasteiger charge is 2.23. The first kappa shape index (κ1) is 7.87. The van der Waals surface area contributed by atoms with Gasteiger partial charge in [0.2, 0.25) is 0 Å². The fourth-order valence-electron chi connectivity index (χ4n) is 0.818. The molecule has 11 heavy (non-hydrogen) atoms. The molecule has 0 bridgehead atoms. The van der Waals surface area contributed by atoms with Gasteiger partial charge in [-0.2, -0.15) is 5.32 Å². The van der Waals surface area contributed by atoms with E-state index in [0.29, 0.717) is 6.54 Å². The topological polar surface area (TPSA) is 66.3 Å². The molecule has 0 aliphatic carbocycles. The lowest BCUT2D eigenvalue weighted by atomic mass is 10.4. The molecule has 0 saturated carbocycles. The molecular formula is C6H10N3O2+. The number of primary amides is 2. The lowest BCUT2D eigenvalue weighted by molar-refractivity contribution is -0.456. The molecule has 1 rings (SSSR count). The molecule has 1 heterocycles. The summed E-state index contributed by atoms with van der Waals surface area (Å²) < 4.78 is 0. The molecule has 0 fully saturated rings. The molecule has 0 radical (unpaired) electrons. The summed E-state index contributed by atoms with van der Waals surface area (Å²) in [5.74, 6) is 0. The lowest BCUT2D eigenvalue weighted by Gasteiger charge is -2.14. The third-order valence-electron chi connectivity index (χ3n) is 1.32. The number of aliphatic imine (C=N–C) groups is 1. The first-order chi connectivity index (χ1) is 5.24. The summed E-state index contributed by atoms with van der Waals surface area (Å²) in [4.78, 5) is 26.4. The first-order valence-corrected chi connectivity index (χ1v) is 3.47. The van der Waals surface area contributed by atoms with Gasteiger partial charge in [0.05, 0.1) is 0 Å². The van der Waals surface area contributed by atoms with Gasteiger partial charge in [-0.3, -0.25) is 4.90 Å². The molecule has 0 aromatic rings. The Hall–Kier alpha value is -1.23. The van der Waals surface area contributed by atoms with Crippen LogP contribution in [0.25, 0.3) is 0 Å². The minimum Gasteiger partial charge on any atom is -0.251 e. The first-order valence-electron chi connectivity index (χ1n) is 3.47. The van der Waals surface area contributed by atoms with Crippen molar-refractivity contribution in [3.8, 4) is 0 Å². The van der Waals surface area contributed by atoms with Crippen molar-refractivity contribution in [2.24, 2.45) is 4.99 Å². The zero-order chi connectivity index (χ0) is 8.27. The molecule has 5 heteroatoms. The van der Waals surface area contributed by atoms with Crippen molar-refractivity contribution in [2.75, 3.05) is 6.54 Å². The van der Waals surface area contributed by atoms with Gasteiger partial charge in [0.15, 0.2) is 0 Å². The van der Waals surface area contributed by atoms with Crippen molar-refractivity contribution in [3.63, 3.8) is 0 Å². The van der Waals surface area contributed by atoms with Crippen LogP contribution in [0, 0.1) is 0 Å². The van der Waals surface area contributed by atoms with Crippen LogP contribution in [-0.2, 0) is 0 Å². The van der Waals surface area contributed by atoms with Crippen molar-refractivity contribution in [1.82, 2.24) is 4.90 Å². The van der Waals surface area contributed by atoms with Gasteiger partial charge in [0, 0.05) is 6.54 Å². The number of urea groups is 2. The van der Waals surface area contributed by atoms with E-state index in [1.54, 1.807) is 0 Å². The van der Waals surface area contributed by atoms with E-state index in [-0.39, 0.29) is 6.03 Å². The summed E-state index contributed by atoms with van der Waals surface area (Å²) in [5.41, 5.74) is 0. The summed E-state index contributed by atoms with van der Waals surface area (Å²) in [7, 11) is 0. The van der Waals surface area contributed by atoms with Crippen LogP contribution in [0.15, 0.2) is 4.99 Å². The highest BCUT2D eigenvalue weighted by molar-refractivity contribution is 5.93. The largest absolute Gasteiger partial charge is 0.449 e. The van der Waals surface area contributed by atoms with E-state index in [0.717, 1.165) is 11.7 Å². The van der Waals surface area contributed by atoms with Gasteiger partial charge in [0.25, 0.3) is 0 Å². The normalized spacial score (nSPS) is 17.7. The standard InChI is InChI=1S/C6H9N3O2/c1-2-3-9-4-7-5(10)8-6(9)11/h4H,2-3H2,1H3,(H,8,10,11)/p+1. The molecule has 60 valence electrons. The molecule has 0 aromatic carbocycles. The second kappa shape index (κ2) is 3.25. The number of hydrogen-bond acceptors (Lipinski definition) is 2. The number of quaternary nitrogens is 1. The Labute approximate surface area is 64.1 Å². The minimum absolute atomic E-state index is 0.271. The second-order valence-electron chi connectivity index (χ2n) is 2.26. The molecule has 0 spiro atoms. The van der Waals surface area contributed by atoms with E-state index < -0.39 is 6.03 Å². The summed E-state index contributed by atoms with van der Waals surface area (Å²) in [6.07, 6.45) is 2.15. The molecule has 0 unspecified atom stereocenters. The Bertz CT molecular complexity index is 212. The Balaban J connectivity index is 2.61. The number of carbonyl (C=O) groups is 2. The third-order valence-corrected chi connectivity index (χ3v) is 1.32. The van der Waals surface area contributed by atoms with Gasteiger partial charge < -0.3 is 0 Å². The van der Waals surface area contributed by atoms with Crippen LogP contribution < -0.4 is 5.32 Å². The number of nitrogens with two attached hydrogens (primary N) is 1. The van der Waals surface area contributed by atoms with Crippen molar-refractivity contribution < 1.29 is 14.9 Å². The van der Waals surface area contributed by atoms with E-state index in [1.165, 1.54) is 11.2 Å². The van der Waals surface area contributed by atoms with Crippen molar-refractivity contribution in [2.45, 2.75) is 13.3 Å². The van der Waals surface area contributed by atoms with Gasteiger partial charge in [-0.1, -0.05) is 6.92 Å². The minimum atomic E-state index is -0.470. The summed E-state index contributed by atoms with van der Waals surface area (Å²) in [6.45, 7) is 2.57. The SMILES string of the molecule is CCCN1C=NC(=O)[NH2+]C1=O. The molecule has 4 amide bonds. The van der Waals surface area contributed by atoms with Crippen LogP contribution in [0.1, 0.15) is 13.3 Å². The Kier molecular flexibility index (Phi) is 2.32. The van der Waals surface area contributed by atoms with Gasteiger partial charge in [-0.25, -0.2) is 9.59 Å². The molecule has 2 N–H and O–H groups in total. The molecule has 0 saturated heterocycles. The Morgan fingerprint density at radius 2 is 2.36 bits per heavy atom. The van der Waals surface area contributed by atoms with E-state index in [4.69, 9.17) is 0 Å². The maximum atomic E-state index is 11.0. The van der Waals surface area contributed by atoms with Crippen LogP contribution in [0.4, 0.5) is 9.59 Å². The van der Waals surface area contributed by atoms with Crippen LogP contribution in [0.3, 0.4) is 0 Å². The highest BCUT2D eigenvalue weighted by Crippen LogP contribution is 1.89. The smallest absolute Gasteiger partial charge is 0.251 e. The average Bonchev–Trinajstić information content (AvgIpc) is 1.95. The molecule has 0 atom stereocenters. The Morgan fingerprint density at radius 1 is 1.64 bits per heavy atom. The maximum Gasteiger partial charge on any atom is 0.449 e. The number of hydrogen-bond donors (Lipinski definition) is 1. The highest BCUT2D eigenvalue weighted by atomic mass is 16.2. The zero-order valence-electron chi connectivity index (χ0n) is 6.28. The summed E-state index contributed by atoms with van der Waals surface area (Å²) >= 11 is 0. The number of imide groups is 1. The van der Waals surface area contributed by atoms with E-state index in [2.05, 4.69) is 4.99 Å². The van der Waals surface area contributed by atoms with Gasteiger partial charge >= 0.3 is 12.1 Å². The molecule has 1 aliphatic rings. The van der Waals surface area contributed by atoms with Gasteiger partial charge in [-0.15, -0.1) is 4.99 Å². The van der Waals surface area contributed by atoms with Crippen molar-refractivity contribution in [1.29, 1.82) is 0 Å². The lowest BCUT2D eigenvalue weighted by Crippen LogP contribution is -2.94. The fourth-order valence-corrected chi connectivity index (χ4v) is 0.818. The van der Waals surface area contributed by atoms with E-state index >= 15 is 0 Å². The van der Waals surface area contributed by atoms with Crippen LogP contribution in [0.5, 0.6) is 0 Å². The van der Waals surface area contributed by atoms with Crippen molar-refractivity contribution in [3.05, 3.63) is 0 Å². The number of rotatable bonds is 2. The van der Waals surface area contributed by atoms with Crippen LogP contribution in [-0.4, -0.2) is 29.8 Å². The quantitative estimate of drug-likeness (QED) is 0.588. The average molecular weight is 156 g/mol. The van der Waals surface area contributed by atoms with Crippen LogP contribution >= 0.6 is 0 Å². The predicted molar refractivity (Wildman–Crippen MR) is 38.2 cm³/mol. The van der Waals surface area contributed by atoms with E-state index in [9.17, 15) is 9.59 Å². The number of nitrogens with zero attached hydrogens (tertiary/aromatic N) is 2. The molecule has 5 nitrogen and oxygen atoms in total. The second-order valence-corrected chi connectivity index (χ2v) is 2.26. The monoisotopic (exact) mass is 156 g/mol. The zero-order valence-corrected chi connectivity index (χ0v) is 6.28. The summed E-state index contributed by atoms with van der Waals surface area (Å²) in [6, 6.07) is -0.741. The molecule has 1 aliphatic heterocycles. The number of carbonyl (C=O) groups excluding carboxylic acids is 2. The van der Waals surface area contributed by atoms with Crippen LogP contribution in [0.2, 0.25) is 0 Å². The molecular weight excluding hydrogens is 146 g/mol. The fraction of sp³-hybridized carbons (Fsp3) is 0.500. The maximum absolute atomic E-state index is 11.0. The molecule has 0 aromatic heterocycles. The number of amides is 4. The van der Waals surface area contributed by atoms with Gasteiger partial charge in [-0.05, 0) is 6.42 Å².